The second-order valence-electron chi connectivity index (χ2n) is 4.55. The number of halogens is 1. The van der Waals surface area contributed by atoms with Gasteiger partial charge < -0.3 is 10.6 Å². The Morgan fingerprint density at radius 1 is 1.48 bits per heavy atom. The summed E-state index contributed by atoms with van der Waals surface area (Å²) in [4.78, 5) is 17.7. The van der Waals surface area contributed by atoms with Gasteiger partial charge in [0.25, 0.3) is 0 Å². The molecule has 21 heavy (non-hydrogen) atoms. The van der Waals surface area contributed by atoms with Crippen LogP contribution in [0, 0.1) is 12.7 Å². The number of thioether (sulfide) groups is 1. The van der Waals surface area contributed by atoms with Crippen molar-refractivity contribution in [3.63, 3.8) is 0 Å². The third-order valence-electron chi connectivity index (χ3n) is 2.89. The predicted octanol–water partition coefficient (Wildman–Crippen LogP) is 2.92. The van der Waals surface area contributed by atoms with Gasteiger partial charge in [0.15, 0.2) is 5.13 Å². The highest BCUT2D eigenvalue weighted by Gasteiger charge is 2.14. The Morgan fingerprint density at radius 3 is 2.81 bits per heavy atom. The number of rotatable bonds is 5. The van der Waals surface area contributed by atoms with Crippen LogP contribution in [0.2, 0.25) is 0 Å². The van der Waals surface area contributed by atoms with Crippen molar-refractivity contribution in [1.82, 2.24) is 9.88 Å². The van der Waals surface area contributed by atoms with E-state index in [0.29, 0.717) is 10.7 Å². The molecule has 1 heterocycles. The molecule has 0 saturated heterocycles. The molecule has 0 aliphatic heterocycles. The van der Waals surface area contributed by atoms with E-state index in [-0.39, 0.29) is 24.0 Å². The summed E-state index contributed by atoms with van der Waals surface area (Å²) < 4.78 is 14.5. The minimum Gasteiger partial charge on any atom is -0.375 e. The third kappa shape index (κ3) is 4.18. The van der Waals surface area contributed by atoms with Crippen LogP contribution in [-0.4, -0.2) is 28.6 Å². The van der Waals surface area contributed by atoms with Crippen LogP contribution >= 0.6 is 23.1 Å². The van der Waals surface area contributed by atoms with Gasteiger partial charge in [0, 0.05) is 19.2 Å². The summed E-state index contributed by atoms with van der Waals surface area (Å²) in [6, 6.07) is 6.47. The van der Waals surface area contributed by atoms with Gasteiger partial charge in [0.1, 0.15) is 5.82 Å². The highest BCUT2D eigenvalue weighted by atomic mass is 32.2. The van der Waals surface area contributed by atoms with Gasteiger partial charge in [-0.05, 0) is 13.0 Å². The second kappa shape index (κ2) is 6.91. The SMILES string of the molecule is Cc1nc(N)sc1SCC(=O)N(C)Cc1ccccc1F. The highest BCUT2D eigenvalue weighted by Crippen LogP contribution is 2.30. The van der Waals surface area contributed by atoms with Crippen molar-refractivity contribution < 1.29 is 9.18 Å². The summed E-state index contributed by atoms with van der Waals surface area (Å²) in [7, 11) is 1.67. The number of carbonyl (C=O) groups is 1. The fourth-order valence-corrected chi connectivity index (χ4v) is 3.71. The van der Waals surface area contributed by atoms with E-state index in [1.54, 1.807) is 25.2 Å². The molecular weight excluding hydrogens is 309 g/mol. The van der Waals surface area contributed by atoms with Crippen molar-refractivity contribution in [3.8, 4) is 0 Å². The smallest absolute Gasteiger partial charge is 0.233 e. The number of thiazole rings is 1. The van der Waals surface area contributed by atoms with Crippen molar-refractivity contribution in [3.05, 3.63) is 41.3 Å². The van der Waals surface area contributed by atoms with Crippen LogP contribution in [0.15, 0.2) is 28.5 Å². The molecule has 2 aromatic rings. The van der Waals surface area contributed by atoms with Crippen molar-refractivity contribution in [2.75, 3.05) is 18.5 Å². The van der Waals surface area contributed by atoms with Gasteiger partial charge in [-0.2, -0.15) is 0 Å². The Labute approximate surface area is 131 Å². The van der Waals surface area contributed by atoms with Gasteiger partial charge in [0.2, 0.25) is 5.91 Å². The number of benzene rings is 1. The highest BCUT2D eigenvalue weighted by molar-refractivity contribution is 8.01. The molecule has 2 N–H and O–H groups in total. The van der Waals surface area contributed by atoms with Crippen LogP contribution in [0.5, 0.6) is 0 Å². The number of anilines is 1. The number of nitrogen functional groups attached to an aromatic ring is 1. The average molecular weight is 325 g/mol. The maximum atomic E-state index is 13.6. The fourth-order valence-electron chi connectivity index (χ4n) is 1.74. The molecule has 2 rings (SSSR count). The lowest BCUT2D eigenvalue weighted by Crippen LogP contribution is -2.28. The fraction of sp³-hybridized carbons (Fsp3) is 0.286. The molecule has 1 aromatic heterocycles. The summed E-state index contributed by atoms with van der Waals surface area (Å²) in [5, 5.41) is 0.502. The summed E-state index contributed by atoms with van der Waals surface area (Å²) in [6.07, 6.45) is 0. The topological polar surface area (TPSA) is 59.2 Å². The van der Waals surface area contributed by atoms with Gasteiger partial charge >= 0.3 is 0 Å². The number of aromatic nitrogens is 1. The van der Waals surface area contributed by atoms with Gasteiger partial charge in [-0.3, -0.25) is 4.79 Å². The molecule has 0 unspecified atom stereocenters. The van der Waals surface area contributed by atoms with Crippen LogP contribution in [0.1, 0.15) is 11.3 Å². The number of nitrogens with two attached hydrogens (primary N) is 1. The zero-order valence-corrected chi connectivity index (χ0v) is 13.4. The normalized spacial score (nSPS) is 10.6. The lowest BCUT2D eigenvalue weighted by Gasteiger charge is -2.17. The molecular formula is C14H16FN3OS2. The largest absolute Gasteiger partial charge is 0.375 e. The molecule has 0 saturated carbocycles. The van der Waals surface area contributed by atoms with Crippen molar-refractivity contribution in [2.45, 2.75) is 17.7 Å². The lowest BCUT2D eigenvalue weighted by molar-refractivity contribution is -0.127. The van der Waals surface area contributed by atoms with E-state index in [1.165, 1.54) is 34.1 Å². The zero-order chi connectivity index (χ0) is 15.4. The van der Waals surface area contributed by atoms with Crippen molar-refractivity contribution in [1.29, 1.82) is 0 Å². The summed E-state index contributed by atoms with van der Waals surface area (Å²) >= 11 is 2.78. The molecule has 112 valence electrons. The van der Waals surface area contributed by atoms with E-state index in [9.17, 15) is 9.18 Å². The summed E-state index contributed by atoms with van der Waals surface area (Å²) in [5.41, 5.74) is 6.97. The maximum absolute atomic E-state index is 13.6. The van der Waals surface area contributed by atoms with E-state index < -0.39 is 0 Å². The third-order valence-corrected chi connectivity index (χ3v) is 5.22. The first-order valence-corrected chi connectivity index (χ1v) is 8.10. The molecule has 1 aromatic carbocycles. The predicted molar refractivity (Wildman–Crippen MR) is 84.9 cm³/mol. The molecule has 0 spiro atoms. The Morgan fingerprint density at radius 2 is 2.19 bits per heavy atom. The van der Waals surface area contributed by atoms with Crippen LogP contribution in [-0.2, 0) is 11.3 Å². The Kier molecular flexibility index (Phi) is 5.19. The van der Waals surface area contributed by atoms with Crippen molar-refractivity contribution in [2.24, 2.45) is 0 Å². The van der Waals surface area contributed by atoms with E-state index in [4.69, 9.17) is 5.73 Å². The molecule has 4 nitrogen and oxygen atoms in total. The summed E-state index contributed by atoms with van der Waals surface area (Å²) in [5.74, 6) is -0.0709. The molecule has 0 radical (unpaired) electrons. The maximum Gasteiger partial charge on any atom is 0.233 e. The molecule has 1 amide bonds. The first-order chi connectivity index (χ1) is 9.97. The second-order valence-corrected chi connectivity index (χ2v) is 6.83. The van der Waals surface area contributed by atoms with Crippen LogP contribution in [0.3, 0.4) is 0 Å². The van der Waals surface area contributed by atoms with E-state index in [1.807, 2.05) is 6.92 Å². The minimum atomic E-state index is -0.295. The quantitative estimate of drug-likeness (QED) is 0.859. The van der Waals surface area contributed by atoms with Crippen molar-refractivity contribution >= 4 is 34.1 Å². The number of carbonyl (C=O) groups excluding carboxylic acids is 1. The Hall–Kier alpha value is -1.60. The first-order valence-electron chi connectivity index (χ1n) is 6.30. The standard InChI is InChI=1S/C14H16FN3OS2/c1-9-13(21-14(16)17-9)20-8-12(19)18(2)7-10-5-3-4-6-11(10)15/h3-6H,7-8H2,1-2H3,(H2,16,17). The molecule has 7 heteroatoms. The van der Waals surface area contributed by atoms with Crippen LogP contribution in [0.25, 0.3) is 0 Å². The molecule has 0 fully saturated rings. The Bertz CT molecular complexity index is 645. The Balaban J connectivity index is 1.91. The average Bonchev–Trinajstić information content (AvgIpc) is 2.76. The first kappa shape index (κ1) is 15.8. The molecule has 0 aliphatic rings. The monoisotopic (exact) mass is 325 g/mol. The molecule has 0 bridgehead atoms. The minimum absolute atomic E-state index is 0.0605. The number of hydrogen-bond acceptors (Lipinski definition) is 5. The number of amides is 1. The molecule has 0 aliphatic carbocycles. The van der Waals surface area contributed by atoms with Gasteiger partial charge in [-0.1, -0.05) is 29.5 Å². The van der Waals surface area contributed by atoms with Gasteiger partial charge in [-0.25, -0.2) is 9.37 Å². The summed E-state index contributed by atoms with van der Waals surface area (Å²) in [6.45, 7) is 2.12. The number of hydrogen-bond donors (Lipinski definition) is 1. The number of nitrogens with zero attached hydrogens (tertiary/aromatic N) is 2. The van der Waals surface area contributed by atoms with Crippen LogP contribution < -0.4 is 5.73 Å². The van der Waals surface area contributed by atoms with E-state index in [0.717, 1.165) is 9.90 Å². The molecule has 0 atom stereocenters. The van der Waals surface area contributed by atoms with E-state index >= 15 is 0 Å². The number of aryl methyl sites for hydroxylation is 1. The van der Waals surface area contributed by atoms with Gasteiger partial charge in [-0.15, -0.1) is 11.8 Å². The zero-order valence-electron chi connectivity index (χ0n) is 11.8. The van der Waals surface area contributed by atoms with E-state index in [2.05, 4.69) is 4.98 Å². The van der Waals surface area contributed by atoms with Crippen LogP contribution in [0.4, 0.5) is 9.52 Å². The lowest BCUT2D eigenvalue weighted by atomic mass is 10.2. The van der Waals surface area contributed by atoms with Gasteiger partial charge in [0.05, 0.1) is 15.7 Å².